The van der Waals surface area contributed by atoms with Crippen LogP contribution in [0.1, 0.15) is 20.8 Å². The molecular weight excluding hydrogens is 192 g/mol. The fourth-order valence-corrected chi connectivity index (χ4v) is 2.66. The minimum absolute atomic E-state index is 0.0240. The van der Waals surface area contributed by atoms with E-state index in [-0.39, 0.29) is 11.7 Å². The van der Waals surface area contributed by atoms with E-state index in [1.165, 1.54) is 0 Å². The van der Waals surface area contributed by atoms with Crippen molar-refractivity contribution >= 4 is 9.84 Å². The average molecular weight is 210 g/mol. The Morgan fingerprint density at radius 2 is 1.69 bits per heavy atom. The Morgan fingerprint density at radius 1 is 1.23 bits per heavy atom. The van der Waals surface area contributed by atoms with E-state index in [4.69, 9.17) is 10.2 Å². The number of hydrogen-bond donors (Lipinski definition) is 2. The molecule has 0 aromatic rings. The van der Waals surface area contributed by atoms with Gasteiger partial charge >= 0.3 is 0 Å². The molecule has 0 aliphatic carbocycles. The molecule has 2 unspecified atom stereocenters. The highest BCUT2D eigenvalue weighted by molar-refractivity contribution is 7.92. The maximum absolute atomic E-state index is 11.5. The van der Waals surface area contributed by atoms with E-state index < -0.39 is 27.8 Å². The maximum atomic E-state index is 11.5. The fraction of sp³-hybridized carbons (Fsp3) is 1.00. The molecule has 0 radical (unpaired) electrons. The van der Waals surface area contributed by atoms with Gasteiger partial charge in [0, 0.05) is 0 Å². The number of sulfone groups is 1. The first-order chi connectivity index (χ1) is 5.81. The second-order valence-electron chi connectivity index (χ2n) is 3.62. The third-order valence-corrected chi connectivity index (χ3v) is 4.67. The molecule has 5 heteroatoms. The Labute approximate surface area is 79.5 Å². The van der Waals surface area contributed by atoms with E-state index >= 15 is 0 Å². The van der Waals surface area contributed by atoms with Crippen molar-refractivity contribution in [3.05, 3.63) is 0 Å². The fourth-order valence-electron chi connectivity index (χ4n) is 0.887. The van der Waals surface area contributed by atoms with Crippen molar-refractivity contribution in [2.45, 2.75) is 32.1 Å². The lowest BCUT2D eigenvalue weighted by atomic mass is 10.2. The van der Waals surface area contributed by atoms with Gasteiger partial charge in [-0.15, -0.1) is 0 Å². The maximum Gasteiger partial charge on any atom is 0.155 e. The Kier molecular flexibility index (Phi) is 4.88. The average Bonchev–Trinajstić information content (AvgIpc) is 2.01. The lowest BCUT2D eigenvalue weighted by molar-refractivity contribution is 0.112. The molecule has 0 aliphatic heterocycles. The molecule has 0 bridgehead atoms. The summed E-state index contributed by atoms with van der Waals surface area (Å²) in [7, 11) is -3.28. The molecule has 0 fully saturated rings. The molecule has 13 heavy (non-hydrogen) atoms. The van der Waals surface area contributed by atoms with Crippen LogP contribution in [-0.2, 0) is 9.84 Å². The van der Waals surface area contributed by atoms with Gasteiger partial charge in [0.15, 0.2) is 9.84 Å². The first-order valence-corrected chi connectivity index (χ1v) is 6.03. The van der Waals surface area contributed by atoms with Gasteiger partial charge in [0.2, 0.25) is 0 Å². The van der Waals surface area contributed by atoms with Crippen LogP contribution in [0.15, 0.2) is 0 Å². The van der Waals surface area contributed by atoms with Crippen LogP contribution in [0.2, 0.25) is 0 Å². The summed E-state index contributed by atoms with van der Waals surface area (Å²) in [6, 6.07) is 0. The van der Waals surface area contributed by atoms with Crippen LogP contribution in [-0.4, -0.2) is 42.3 Å². The monoisotopic (exact) mass is 210 g/mol. The molecular formula is C8H18O4S. The van der Waals surface area contributed by atoms with E-state index in [0.29, 0.717) is 0 Å². The van der Waals surface area contributed by atoms with Crippen molar-refractivity contribution in [1.29, 1.82) is 0 Å². The van der Waals surface area contributed by atoms with Crippen molar-refractivity contribution in [2.24, 2.45) is 5.92 Å². The van der Waals surface area contributed by atoms with Gasteiger partial charge in [-0.2, -0.15) is 0 Å². The zero-order valence-electron chi connectivity index (χ0n) is 8.27. The third kappa shape index (κ3) is 4.06. The number of aliphatic hydroxyl groups excluding tert-OH is 2. The Hall–Kier alpha value is -0.130. The van der Waals surface area contributed by atoms with Gasteiger partial charge in [-0.25, -0.2) is 8.42 Å². The normalized spacial score (nSPS) is 17.4. The first kappa shape index (κ1) is 12.9. The molecule has 0 spiro atoms. The quantitative estimate of drug-likeness (QED) is 0.659. The first-order valence-electron chi connectivity index (χ1n) is 4.31. The van der Waals surface area contributed by atoms with Crippen LogP contribution >= 0.6 is 0 Å². The summed E-state index contributed by atoms with van der Waals surface area (Å²) >= 11 is 0. The molecule has 2 atom stereocenters. The topological polar surface area (TPSA) is 74.6 Å². The molecule has 4 nitrogen and oxygen atoms in total. The van der Waals surface area contributed by atoms with E-state index in [1.807, 2.05) is 13.8 Å². The highest BCUT2D eigenvalue weighted by Gasteiger charge is 2.26. The van der Waals surface area contributed by atoms with Crippen molar-refractivity contribution in [3.63, 3.8) is 0 Å². The van der Waals surface area contributed by atoms with Gasteiger partial charge in [-0.3, -0.25) is 0 Å². The molecule has 0 saturated heterocycles. The van der Waals surface area contributed by atoms with E-state index in [1.54, 1.807) is 6.92 Å². The minimum atomic E-state index is -3.28. The molecule has 2 N–H and O–H groups in total. The molecule has 0 saturated carbocycles. The van der Waals surface area contributed by atoms with Gasteiger partial charge in [-0.1, -0.05) is 13.8 Å². The SMILES string of the molecule is CC(C)C(C)S(=O)(=O)CC(O)CO. The lowest BCUT2D eigenvalue weighted by Gasteiger charge is -2.17. The Bertz CT molecular complexity index is 233. The van der Waals surface area contributed by atoms with Crippen LogP contribution < -0.4 is 0 Å². The lowest BCUT2D eigenvalue weighted by Crippen LogP contribution is -2.33. The largest absolute Gasteiger partial charge is 0.394 e. The summed E-state index contributed by atoms with van der Waals surface area (Å²) < 4.78 is 22.9. The highest BCUT2D eigenvalue weighted by Crippen LogP contribution is 2.13. The van der Waals surface area contributed by atoms with Gasteiger partial charge in [0.1, 0.15) is 0 Å². The summed E-state index contributed by atoms with van der Waals surface area (Å²) in [4.78, 5) is 0. The Balaban J connectivity index is 4.41. The predicted molar refractivity (Wildman–Crippen MR) is 51.2 cm³/mol. The third-order valence-electron chi connectivity index (χ3n) is 2.14. The van der Waals surface area contributed by atoms with Gasteiger partial charge in [0.25, 0.3) is 0 Å². The van der Waals surface area contributed by atoms with Gasteiger partial charge in [0.05, 0.1) is 23.7 Å². The summed E-state index contributed by atoms with van der Waals surface area (Å²) in [6.45, 7) is 4.73. The van der Waals surface area contributed by atoms with E-state index in [9.17, 15) is 8.42 Å². The summed E-state index contributed by atoms with van der Waals surface area (Å²) in [5.41, 5.74) is 0. The van der Waals surface area contributed by atoms with Crippen LogP contribution in [0.25, 0.3) is 0 Å². The van der Waals surface area contributed by atoms with E-state index in [2.05, 4.69) is 0 Å². The van der Waals surface area contributed by atoms with Gasteiger partial charge in [-0.05, 0) is 12.8 Å². The molecule has 0 rings (SSSR count). The van der Waals surface area contributed by atoms with Crippen molar-refractivity contribution < 1.29 is 18.6 Å². The van der Waals surface area contributed by atoms with Crippen molar-refractivity contribution in [3.8, 4) is 0 Å². The zero-order valence-corrected chi connectivity index (χ0v) is 9.08. The molecule has 0 amide bonds. The Morgan fingerprint density at radius 3 is 2.00 bits per heavy atom. The van der Waals surface area contributed by atoms with E-state index in [0.717, 1.165) is 0 Å². The molecule has 0 aliphatic rings. The number of aliphatic hydroxyl groups is 2. The standard InChI is InChI=1S/C8H18O4S/c1-6(2)7(3)13(11,12)5-8(10)4-9/h6-10H,4-5H2,1-3H3. The van der Waals surface area contributed by atoms with Crippen LogP contribution in [0.5, 0.6) is 0 Å². The second-order valence-corrected chi connectivity index (χ2v) is 6.02. The predicted octanol–water partition coefficient (Wildman–Crippen LogP) is -0.201. The van der Waals surface area contributed by atoms with Crippen LogP contribution in [0.4, 0.5) is 0 Å². The number of rotatable bonds is 5. The summed E-state index contributed by atoms with van der Waals surface area (Å²) in [5, 5.41) is 17.0. The molecule has 80 valence electrons. The second kappa shape index (κ2) is 4.93. The molecule has 0 aromatic carbocycles. The highest BCUT2D eigenvalue weighted by atomic mass is 32.2. The van der Waals surface area contributed by atoms with Crippen LogP contribution in [0.3, 0.4) is 0 Å². The molecule has 0 aromatic heterocycles. The molecule has 0 heterocycles. The summed E-state index contributed by atoms with van der Waals surface area (Å²) in [6.07, 6.45) is -1.16. The number of hydrogen-bond acceptors (Lipinski definition) is 4. The van der Waals surface area contributed by atoms with Crippen molar-refractivity contribution in [1.82, 2.24) is 0 Å². The van der Waals surface area contributed by atoms with Gasteiger partial charge < -0.3 is 10.2 Å². The van der Waals surface area contributed by atoms with Crippen molar-refractivity contribution in [2.75, 3.05) is 12.4 Å². The summed E-state index contributed by atoms with van der Waals surface area (Å²) in [5.74, 6) is -0.334. The smallest absolute Gasteiger partial charge is 0.155 e. The minimum Gasteiger partial charge on any atom is -0.394 e. The zero-order chi connectivity index (χ0) is 10.6. The van der Waals surface area contributed by atoms with Crippen LogP contribution in [0, 0.1) is 5.92 Å².